The summed E-state index contributed by atoms with van der Waals surface area (Å²) < 4.78 is 11.2. The fraction of sp³-hybridized carbons (Fsp3) is 0.486. The molecule has 0 spiro atoms. The highest BCUT2D eigenvalue weighted by molar-refractivity contribution is 5.70. The predicted octanol–water partition coefficient (Wildman–Crippen LogP) is 6.25. The lowest BCUT2D eigenvalue weighted by molar-refractivity contribution is 0.00856. The number of nitrogens with zero attached hydrogens (tertiary/aromatic N) is 4. The largest absolute Gasteiger partial charge is 0.444 e. The van der Waals surface area contributed by atoms with E-state index in [2.05, 4.69) is 43.6 Å². The van der Waals surface area contributed by atoms with Crippen LogP contribution in [0.3, 0.4) is 0 Å². The van der Waals surface area contributed by atoms with Crippen LogP contribution < -0.4 is 0 Å². The van der Waals surface area contributed by atoms with E-state index in [0.717, 1.165) is 42.6 Å². The molecular formula is C35H42N6O4. The Morgan fingerprint density at radius 2 is 1.40 bits per heavy atom. The molecule has 4 heterocycles. The van der Waals surface area contributed by atoms with Crippen molar-refractivity contribution in [1.82, 2.24) is 29.7 Å². The van der Waals surface area contributed by atoms with Crippen molar-refractivity contribution in [3.63, 3.8) is 0 Å². The van der Waals surface area contributed by atoms with Crippen LogP contribution in [0.5, 0.6) is 0 Å². The molecule has 2 aliphatic rings. The number of rotatable bonds is 2. The van der Waals surface area contributed by atoms with Crippen molar-refractivity contribution in [2.75, 3.05) is 13.1 Å². The van der Waals surface area contributed by atoms with E-state index in [0.29, 0.717) is 30.3 Å². The summed E-state index contributed by atoms with van der Waals surface area (Å²) in [6.45, 7) is 14.5. The van der Waals surface area contributed by atoms with E-state index in [1.807, 2.05) is 72.7 Å². The van der Waals surface area contributed by atoms with Crippen LogP contribution in [0.15, 0.2) is 36.7 Å². The first kappa shape index (κ1) is 31.7. The zero-order chi connectivity index (χ0) is 32.4. The summed E-state index contributed by atoms with van der Waals surface area (Å²) in [6.07, 6.45) is 6.14. The molecule has 10 nitrogen and oxygen atoms in total. The zero-order valence-electron chi connectivity index (χ0n) is 27.2. The molecule has 10 heteroatoms. The Hall–Kier alpha value is -4.70. The summed E-state index contributed by atoms with van der Waals surface area (Å²) in [4.78, 5) is 44.7. The SMILES string of the molecule is CC(C)(C)OC(=O)N1CCC[C@H]1c1ncc(C#Cc2ccc(C#Cc3cnc([C@@]4(C)CCCN4C(=O)OC(C)(C)C)[nH]3)cc2)[nH]1. The summed E-state index contributed by atoms with van der Waals surface area (Å²) >= 11 is 0. The number of hydrogen-bond donors (Lipinski definition) is 2. The van der Waals surface area contributed by atoms with Crippen LogP contribution in [-0.4, -0.2) is 66.2 Å². The van der Waals surface area contributed by atoms with E-state index in [9.17, 15) is 9.59 Å². The summed E-state index contributed by atoms with van der Waals surface area (Å²) in [6, 6.07) is 7.54. The van der Waals surface area contributed by atoms with Crippen molar-refractivity contribution in [1.29, 1.82) is 0 Å². The topological polar surface area (TPSA) is 116 Å². The molecule has 0 aliphatic carbocycles. The average molecular weight is 611 g/mol. The van der Waals surface area contributed by atoms with E-state index >= 15 is 0 Å². The molecule has 2 fully saturated rings. The normalized spacial score (nSPS) is 19.8. The third-order valence-electron chi connectivity index (χ3n) is 7.70. The Kier molecular flexibility index (Phi) is 8.71. The smallest absolute Gasteiger partial charge is 0.411 e. The van der Waals surface area contributed by atoms with E-state index in [1.54, 1.807) is 22.2 Å². The molecule has 0 bridgehead atoms. The van der Waals surface area contributed by atoms with Crippen LogP contribution in [0, 0.1) is 23.7 Å². The monoisotopic (exact) mass is 610 g/mol. The fourth-order valence-electron chi connectivity index (χ4n) is 5.55. The van der Waals surface area contributed by atoms with Crippen LogP contribution in [0.4, 0.5) is 9.59 Å². The van der Waals surface area contributed by atoms with E-state index in [4.69, 9.17) is 9.47 Å². The molecule has 3 aromatic rings. The van der Waals surface area contributed by atoms with Crippen LogP contribution in [0.25, 0.3) is 0 Å². The Labute approximate surface area is 265 Å². The Balaban J connectivity index is 1.21. The minimum atomic E-state index is -0.577. The second kappa shape index (κ2) is 12.4. The highest BCUT2D eigenvalue weighted by atomic mass is 16.6. The number of H-pyrrole nitrogens is 2. The van der Waals surface area contributed by atoms with Crippen molar-refractivity contribution in [3.8, 4) is 23.7 Å². The van der Waals surface area contributed by atoms with Gasteiger partial charge >= 0.3 is 12.2 Å². The van der Waals surface area contributed by atoms with Crippen molar-refractivity contribution >= 4 is 12.2 Å². The molecule has 2 saturated heterocycles. The van der Waals surface area contributed by atoms with E-state index in [1.165, 1.54) is 0 Å². The van der Waals surface area contributed by atoms with Crippen LogP contribution in [-0.2, 0) is 15.0 Å². The fourth-order valence-corrected chi connectivity index (χ4v) is 5.55. The van der Waals surface area contributed by atoms with Gasteiger partial charge in [-0.2, -0.15) is 0 Å². The maximum atomic E-state index is 12.9. The van der Waals surface area contributed by atoms with Gasteiger partial charge < -0.3 is 19.4 Å². The molecule has 2 amide bonds. The maximum absolute atomic E-state index is 12.9. The number of aromatic amines is 2. The molecule has 0 radical (unpaired) electrons. The van der Waals surface area contributed by atoms with Gasteiger partial charge in [0.15, 0.2) is 0 Å². The minimum absolute atomic E-state index is 0.149. The number of nitrogens with one attached hydrogen (secondary N) is 2. The molecule has 2 atom stereocenters. The quantitative estimate of drug-likeness (QED) is 0.332. The summed E-state index contributed by atoms with van der Waals surface area (Å²) in [7, 11) is 0. The second-order valence-electron chi connectivity index (χ2n) is 13.7. The number of carbonyl (C=O) groups is 2. The molecule has 2 aromatic heterocycles. The Morgan fingerprint density at radius 1 is 0.822 bits per heavy atom. The Morgan fingerprint density at radius 3 is 2.02 bits per heavy atom. The summed E-state index contributed by atoms with van der Waals surface area (Å²) in [5, 5.41) is 0. The van der Waals surface area contributed by atoms with Crippen molar-refractivity contribution in [2.45, 2.75) is 96.9 Å². The van der Waals surface area contributed by atoms with E-state index in [-0.39, 0.29) is 18.2 Å². The lowest BCUT2D eigenvalue weighted by atomic mass is 9.98. The van der Waals surface area contributed by atoms with Gasteiger partial charge in [0.25, 0.3) is 0 Å². The highest BCUT2D eigenvalue weighted by Gasteiger charge is 2.45. The highest BCUT2D eigenvalue weighted by Crippen LogP contribution is 2.38. The van der Waals surface area contributed by atoms with Gasteiger partial charge in [-0.25, -0.2) is 19.6 Å². The molecule has 5 rings (SSSR count). The standard InChI is InChI=1S/C35H42N6O4/c1-33(2,3)44-31(42)40-20-8-10-28(40)29-36-22-26(38-29)17-15-24-11-13-25(14-12-24)16-18-27-23-37-30(39-27)35(7)19-9-21-41(35)32(43)45-34(4,5)6/h11-14,22-23,28H,8-10,19-21H2,1-7H3,(H,36,38)(H,37,39)/t28-,35+/m0/s1. The second-order valence-corrected chi connectivity index (χ2v) is 13.7. The first-order chi connectivity index (χ1) is 21.2. The van der Waals surface area contributed by atoms with Crippen molar-refractivity contribution < 1.29 is 19.1 Å². The van der Waals surface area contributed by atoms with Gasteiger partial charge in [-0.15, -0.1) is 0 Å². The molecule has 2 N–H and O–H groups in total. The third-order valence-corrected chi connectivity index (χ3v) is 7.70. The van der Waals surface area contributed by atoms with Crippen molar-refractivity contribution in [3.05, 3.63) is 70.8 Å². The van der Waals surface area contributed by atoms with Gasteiger partial charge in [0, 0.05) is 24.2 Å². The molecule has 45 heavy (non-hydrogen) atoms. The number of benzene rings is 1. The van der Waals surface area contributed by atoms with Gasteiger partial charge in [-0.1, -0.05) is 11.8 Å². The molecule has 236 valence electrons. The number of imidazole rings is 2. The third kappa shape index (κ3) is 7.69. The molecule has 0 unspecified atom stereocenters. The predicted molar refractivity (Wildman–Crippen MR) is 170 cm³/mol. The van der Waals surface area contributed by atoms with E-state index < -0.39 is 16.7 Å². The van der Waals surface area contributed by atoms with Crippen LogP contribution in [0.1, 0.15) is 114 Å². The van der Waals surface area contributed by atoms with Crippen molar-refractivity contribution in [2.24, 2.45) is 0 Å². The van der Waals surface area contributed by atoms with Gasteiger partial charge in [-0.05, 0) is 110 Å². The van der Waals surface area contributed by atoms with Gasteiger partial charge in [0.2, 0.25) is 0 Å². The lowest BCUT2D eigenvalue weighted by Crippen LogP contribution is -2.46. The van der Waals surface area contributed by atoms with Gasteiger partial charge in [-0.3, -0.25) is 9.80 Å². The number of carbonyl (C=O) groups excluding carboxylic acids is 2. The van der Waals surface area contributed by atoms with Crippen LogP contribution in [0.2, 0.25) is 0 Å². The van der Waals surface area contributed by atoms with Gasteiger partial charge in [0.1, 0.15) is 39.8 Å². The summed E-state index contributed by atoms with van der Waals surface area (Å²) in [5.74, 6) is 14.0. The lowest BCUT2D eigenvalue weighted by Gasteiger charge is -2.34. The number of hydrogen-bond acceptors (Lipinski definition) is 6. The zero-order valence-corrected chi connectivity index (χ0v) is 27.2. The average Bonchev–Trinajstić information content (AvgIpc) is 3.76. The molecular weight excluding hydrogens is 568 g/mol. The Bertz CT molecular complexity index is 1670. The molecule has 0 saturated carbocycles. The van der Waals surface area contributed by atoms with Crippen LogP contribution >= 0.6 is 0 Å². The number of amides is 2. The first-order valence-electron chi connectivity index (χ1n) is 15.4. The summed E-state index contributed by atoms with van der Waals surface area (Å²) in [5.41, 5.74) is 1.35. The number of aromatic nitrogens is 4. The molecule has 1 aromatic carbocycles. The minimum Gasteiger partial charge on any atom is -0.444 e. The number of likely N-dealkylation sites (tertiary alicyclic amines) is 2. The maximum Gasteiger partial charge on any atom is 0.411 e. The first-order valence-corrected chi connectivity index (χ1v) is 15.4. The molecule has 2 aliphatic heterocycles. The number of ether oxygens (including phenoxy) is 2. The van der Waals surface area contributed by atoms with Gasteiger partial charge in [0.05, 0.1) is 18.4 Å².